The zero-order chi connectivity index (χ0) is 7.11. The Morgan fingerprint density at radius 2 is 2.11 bits per heavy atom. The molecule has 0 aliphatic heterocycles. The number of allylic oxidation sites excluding steroid dienone is 1. The van der Waals surface area contributed by atoms with Crippen LogP contribution in [0, 0.1) is 0 Å². The number of aliphatic hydroxyl groups excluding tert-OH is 1. The van der Waals surface area contributed by atoms with Gasteiger partial charge >= 0.3 is 0 Å². The lowest BCUT2D eigenvalue weighted by Gasteiger charge is -1.98. The van der Waals surface area contributed by atoms with Crippen LogP contribution in [0.4, 0.5) is 0 Å². The first kappa shape index (κ1) is 8.70. The van der Waals surface area contributed by atoms with E-state index >= 15 is 0 Å². The maximum absolute atomic E-state index is 8.72. The van der Waals surface area contributed by atoms with Gasteiger partial charge < -0.3 is 5.11 Å². The Bertz CT molecular complexity index is 84.6. The second kappa shape index (κ2) is 5.83. The second-order valence-electron chi connectivity index (χ2n) is 2.18. The molecule has 54 valence electrons. The van der Waals surface area contributed by atoms with E-state index in [9.17, 15) is 0 Å². The number of aliphatic hydroxyl groups is 1. The molecule has 9 heavy (non-hydrogen) atoms. The fourth-order valence-corrected chi connectivity index (χ4v) is 0.855. The molecule has 0 saturated carbocycles. The summed E-state index contributed by atoms with van der Waals surface area (Å²) in [5.41, 5.74) is 1.18. The molecule has 0 atom stereocenters. The van der Waals surface area contributed by atoms with Crippen LogP contribution in [-0.2, 0) is 0 Å². The molecule has 0 aliphatic rings. The van der Waals surface area contributed by atoms with E-state index in [1.54, 1.807) is 0 Å². The number of hydrogen-bond donors (Lipinski definition) is 1. The number of hydrogen-bond acceptors (Lipinski definition) is 1. The summed E-state index contributed by atoms with van der Waals surface area (Å²) >= 11 is 0. The van der Waals surface area contributed by atoms with Crippen molar-refractivity contribution in [2.45, 2.75) is 33.1 Å². The minimum atomic E-state index is 0.238. The van der Waals surface area contributed by atoms with Crippen LogP contribution in [0.2, 0.25) is 0 Å². The van der Waals surface area contributed by atoms with Gasteiger partial charge in [-0.1, -0.05) is 26.3 Å². The van der Waals surface area contributed by atoms with Crippen molar-refractivity contribution in [1.29, 1.82) is 0 Å². The van der Waals surface area contributed by atoms with Gasteiger partial charge in [-0.05, 0) is 18.4 Å². The fraction of sp³-hybridized carbons (Fsp3) is 0.750. The fourth-order valence-electron chi connectivity index (χ4n) is 0.855. The van der Waals surface area contributed by atoms with Crippen LogP contribution in [0.3, 0.4) is 0 Å². The summed E-state index contributed by atoms with van der Waals surface area (Å²) in [5.74, 6) is 0. The average Bonchev–Trinajstić information content (AvgIpc) is 1.88. The summed E-state index contributed by atoms with van der Waals surface area (Å²) in [5, 5.41) is 8.72. The van der Waals surface area contributed by atoms with Crippen molar-refractivity contribution in [3.05, 3.63) is 11.6 Å². The Kier molecular flexibility index (Phi) is 5.64. The highest BCUT2D eigenvalue weighted by Crippen LogP contribution is 2.03. The highest BCUT2D eigenvalue weighted by molar-refractivity contribution is 5.00. The molecule has 0 saturated heterocycles. The predicted molar refractivity (Wildman–Crippen MR) is 40.4 cm³/mol. The monoisotopic (exact) mass is 128 g/mol. The molecule has 0 aliphatic carbocycles. The van der Waals surface area contributed by atoms with Gasteiger partial charge in [-0.3, -0.25) is 0 Å². The first-order valence-corrected chi connectivity index (χ1v) is 3.63. The first-order chi connectivity index (χ1) is 4.35. The molecule has 0 aromatic carbocycles. The molecule has 0 amide bonds. The van der Waals surface area contributed by atoms with Gasteiger partial charge in [0.15, 0.2) is 0 Å². The molecule has 1 heteroatoms. The average molecular weight is 128 g/mol. The minimum absolute atomic E-state index is 0.238. The summed E-state index contributed by atoms with van der Waals surface area (Å²) in [7, 11) is 0. The summed E-state index contributed by atoms with van der Waals surface area (Å²) < 4.78 is 0. The third kappa shape index (κ3) is 4.22. The van der Waals surface area contributed by atoms with Crippen LogP contribution < -0.4 is 0 Å². The van der Waals surface area contributed by atoms with Gasteiger partial charge in [0.25, 0.3) is 0 Å². The number of rotatable bonds is 4. The topological polar surface area (TPSA) is 20.2 Å². The maximum Gasteiger partial charge on any atom is 0.0641 e. The second-order valence-corrected chi connectivity index (χ2v) is 2.18. The molecular formula is C8H16O. The smallest absolute Gasteiger partial charge is 0.0641 e. The molecule has 0 rings (SSSR count). The van der Waals surface area contributed by atoms with Crippen LogP contribution in [0.1, 0.15) is 33.1 Å². The van der Waals surface area contributed by atoms with E-state index in [1.807, 2.05) is 0 Å². The van der Waals surface area contributed by atoms with Gasteiger partial charge in [-0.15, -0.1) is 0 Å². The quantitative estimate of drug-likeness (QED) is 0.575. The molecule has 0 heterocycles. The van der Waals surface area contributed by atoms with Crippen LogP contribution >= 0.6 is 0 Å². The van der Waals surface area contributed by atoms with Crippen molar-refractivity contribution in [2.75, 3.05) is 6.61 Å². The summed E-state index contributed by atoms with van der Waals surface area (Å²) in [6.07, 6.45) is 5.32. The van der Waals surface area contributed by atoms with Gasteiger partial charge in [0.1, 0.15) is 0 Å². The molecule has 1 nitrogen and oxygen atoms in total. The van der Waals surface area contributed by atoms with Crippen molar-refractivity contribution in [3.63, 3.8) is 0 Å². The van der Waals surface area contributed by atoms with Crippen LogP contribution in [0.5, 0.6) is 0 Å². The van der Waals surface area contributed by atoms with Crippen molar-refractivity contribution >= 4 is 0 Å². The third-order valence-electron chi connectivity index (χ3n) is 1.27. The van der Waals surface area contributed by atoms with Crippen molar-refractivity contribution in [1.82, 2.24) is 0 Å². The molecule has 1 N–H and O–H groups in total. The van der Waals surface area contributed by atoms with Crippen molar-refractivity contribution in [3.8, 4) is 0 Å². The zero-order valence-electron chi connectivity index (χ0n) is 6.35. The summed E-state index contributed by atoms with van der Waals surface area (Å²) in [6, 6.07) is 0. The Morgan fingerprint density at radius 3 is 2.44 bits per heavy atom. The van der Waals surface area contributed by atoms with E-state index in [0.717, 1.165) is 19.3 Å². The van der Waals surface area contributed by atoms with E-state index < -0.39 is 0 Å². The van der Waals surface area contributed by atoms with Gasteiger partial charge in [0.2, 0.25) is 0 Å². The van der Waals surface area contributed by atoms with E-state index in [4.69, 9.17) is 5.11 Å². The van der Waals surface area contributed by atoms with Crippen molar-refractivity contribution < 1.29 is 5.11 Å². The van der Waals surface area contributed by atoms with Gasteiger partial charge in [-0.25, -0.2) is 0 Å². The largest absolute Gasteiger partial charge is 0.392 e. The Balaban J connectivity index is 3.53. The van der Waals surface area contributed by atoms with Gasteiger partial charge in [-0.2, -0.15) is 0 Å². The lowest BCUT2D eigenvalue weighted by molar-refractivity contribution is 0.325. The molecule has 0 aromatic rings. The Labute approximate surface area is 57.4 Å². The van der Waals surface area contributed by atoms with Gasteiger partial charge in [0, 0.05) is 0 Å². The first-order valence-electron chi connectivity index (χ1n) is 3.63. The van der Waals surface area contributed by atoms with Crippen LogP contribution in [-0.4, -0.2) is 11.7 Å². The molecule has 0 fully saturated rings. The Morgan fingerprint density at radius 1 is 1.44 bits per heavy atom. The summed E-state index contributed by atoms with van der Waals surface area (Å²) in [4.78, 5) is 0. The molecule has 0 aromatic heterocycles. The molecule has 0 unspecified atom stereocenters. The van der Waals surface area contributed by atoms with E-state index in [1.165, 1.54) is 5.57 Å². The van der Waals surface area contributed by atoms with Crippen LogP contribution in [0.25, 0.3) is 0 Å². The van der Waals surface area contributed by atoms with Crippen LogP contribution in [0.15, 0.2) is 11.6 Å². The standard InChI is InChI=1S/C8H16O/c1-3-5-8(7-9)6-4-2/h5,9H,3-4,6-7H2,1-2H3/b8-5+. The lowest BCUT2D eigenvalue weighted by atomic mass is 10.1. The van der Waals surface area contributed by atoms with E-state index in [2.05, 4.69) is 19.9 Å². The Hall–Kier alpha value is -0.300. The highest BCUT2D eigenvalue weighted by Gasteiger charge is 1.89. The maximum atomic E-state index is 8.72. The SMILES string of the molecule is CC/C=C(/CO)CCC. The molecule has 0 spiro atoms. The molecule has 0 bridgehead atoms. The minimum Gasteiger partial charge on any atom is -0.392 e. The predicted octanol–water partition coefficient (Wildman–Crippen LogP) is 2.12. The van der Waals surface area contributed by atoms with Crippen molar-refractivity contribution in [2.24, 2.45) is 0 Å². The molecular weight excluding hydrogens is 112 g/mol. The lowest BCUT2D eigenvalue weighted by Crippen LogP contribution is -1.88. The van der Waals surface area contributed by atoms with E-state index in [-0.39, 0.29) is 6.61 Å². The normalized spacial score (nSPS) is 12.1. The highest BCUT2D eigenvalue weighted by atomic mass is 16.3. The third-order valence-corrected chi connectivity index (χ3v) is 1.27. The van der Waals surface area contributed by atoms with Gasteiger partial charge in [0.05, 0.1) is 6.61 Å². The molecule has 0 radical (unpaired) electrons. The van der Waals surface area contributed by atoms with E-state index in [0.29, 0.717) is 0 Å². The zero-order valence-corrected chi connectivity index (χ0v) is 6.35. The summed E-state index contributed by atoms with van der Waals surface area (Å²) in [6.45, 7) is 4.45.